The van der Waals surface area contributed by atoms with Gasteiger partial charge in [0.05, 0.1) is 36.7 Å². The molecular weight excluding hydrogens is 340 g/mol. The molecule has 2 aromatic rings. The third-order valence-electron chi connectivity index (χ3n) is 5.42. The molecule has 0 radical (unpaired) electrons. The van der Waals surface area contributed by atoms with Gasteiger partial charge in [0.15, 0.2) is 0 Å². The van der Waals surface area contributed by atoms with E-state index in [1.54, 1.807) is 12.4 Å². The fourth-order valence-electron chi connectivity index (χ4n) is 4.13. The summed E-state index contributed by atoms with van der Waals surface area (Å²) in [5.74, 6) is -0.0553. The fourth-order valence-corrected chi connectivity index (χ4v) is 4.13. The molecule has 142 valence electrons. The number of ether oxygens (including phenoxy) is 1. The van der Waals surface area contributed by atoms with Crippen molar-refractivity contribution in [1.29, 1.82) is 0 Å². The number of aryl methyl sites for hydroxylation is 2. The number of piperidine rings is 1. The van der Waals surface area contributed by atoms with Gasteiger partial charge in [-0.3, -0.25) is 9.78 Å². The van der Waals surface area contributed by atoms with Crippen LogP contribution in [0.4, 0.5) is 5.69 Å². The van der Waals surface area contributed by atoms with Crippen LogP contribution in [0.2, 0.25) is 0 Å². The first-order chi connectivity index (χ1) is 13.0. The number of carbonyl (C=O) groups is 1. The molecule has 0 aliphatic carbocycles. The van der Waals surface area contributed by atoms with Gasteiger partial charge in [0.25, 0.3) is 5.91 Å². The Balaban J connectivity index is 1.41. The number of benzene rings is 1. The Morgan fingerprint density at radius 1 is 1.30 bits per heavy atom. The lowest BCUT2D eigenvalue weighted by Crippen LogP contribution is -2.50. The predicted molar refractivity (Wildman–Crippen MR) is 104 cm³/mol. The number of nitrogens with one attached hydrogen (secondary N) is 1. The molecule has 2 atom stereocenters. The highest BCUT2D eigenvalue weighted by atomic mass is 16.5. The van der Waals surface area contributed by atoms with Crippen LogP contribution in [-0.4, -0.2) is 52.1 Å². The number of hydrogen-bond donors (Lipinski definition) is 1. The second-order valence-electron chi connectivity index (χ2n) is 7.78. The second kappa shape index (κ2) is 7.27. The summed E-state index contributed by atoms with van der Waals surface area (Å²) < 4.78 is 6.24. The molecule has 2 aliphatic rings. The van der Waals surface area contributed by atoms with Crippen molar-refractivity contribution in [2.75, 3.05) is 25.0 Å². The van der Waals surface area contributed by atoms with E-state index < -0.39 is 0 Å². The number of aromatic nitrogens is 2. The normalized spacial score (nSPS) is 25.0. The van der Waals surface area contributed by atoms with Gasteiger partial charge >= 0.3 is 0 Å². The number of anilines is 1. The third-order valence-corrected chi connectivity index (χ3v) is 5.42. The van der Waals surface area contributed by atoms with E-state index in [0.717, 1.165) is 37.2 Å². The van der Waals surface area contributed by atoms with Gasteiger partial charge < -0.3 is 15.0 Å². The minimum absolute atomic E-state index is 0.0553. The van der Waals surface area contributed by atoms with Crippen molar-refractivity contribution in [3.8, 4) is 0 Å². The molecular formula is C21H26N4O2. The van der Waals surface area contributed by atoms with E-state index >= 15 is 0 Å². The first-order valence-corrected chi connectivity index (χ1v) is 9.58. The number of likely N-dealkylation sites (tertiary alicyclic amines) is 1. The molecule has 1 spiro atoms. The van der Waals surface area contributed by atoms with Crippen LogP contribution in [0.15, 0.2) is 36.7 Å². The van der Waals surface area contributed by atoms with Crippen LogP contribution in [-0.2, 0) is 4.74 Å². The Bertz CT molecular complexity index is 823. The Labute approximate surface area is 160 Å². The van der Waals surface area contributed by atoms with Crippen molar-refractivity contribution in [3.63, 3.8) is 0 Å². The molecule has 6 heteroatoms. The van der Waals surface area contributed by atoms with Crippen LogP contribution in [0.5, 0.6) is 0 Å². The van der Waals surface area contributed by atoms with Crippen LogP contribution in [0, 0.1) is 13.8 Å². The van der Waals surface area contributed by atoms with Crippen molar-refractivity contribution >= 4 is 11.6 Å². The molecule has 2 saturated heterocycles. The van der Waals surface area contributed by atoms with Gasteiger partial charge in [-0.1, -0.05) is 12.1 Å². The maximum atomic E-state index is 12.8. The topological polar surface area (TPSA) is 67.3 Å². The summed E-state index contributed by atoms with van der Waals surface area (Å²) in [6, 6.07) is 8.66. The lowest BCUT2D eigenvalue weighted by Gasteiger charge is -2.39. The second-order valence-corrected chi connectivity index (χ2v) is 7.78. The Hall–Kier alpha value is -2.47. The Kier molecular flexibility index (Phi) is 4.83. The van der Waals surface area contributed by atoms with Crippen LogP contribution in [0.3, 0.4) is 0 Å². The highest BCUT2D eigenvalue weighted by Crippen LogP contribution is 2.36. The zero-order valence-corrected chi connectivity index (χ0v) is 15.9. The zero-order valence-electron chi connectivity index (χ0n) is 15.9. The summed E-state index contributed by atoms with van der Waals surface area (Å²) in [5, 5.41) is 3.58. The first-order valence-electron chi connectivity index (χ1n) is 9.58. The number of amides is 1. The lowest BCUT2D eigenvalue weighted by molar-refractivity contribution is -0.0448. The van der Waals surface area contributed by atoms with E-state index in [1.807, 2.05) is 11.8 Å². The van der Waals surface area contributed by atoms with Gasteiger partial charge in [-0.25, -0.2) is 4.98 Å². The van der Waals surface area contributed by atoms with Gasteiger partial charge in [0, 0.05) is 24.8 Å². The number of rotatable bonds is 3. The van der Waals surface area contributed by atoms with E-state index in [9.17, 15) is 4.79 Å². The minimum atomic E-state index is -0.256. The van der Waals surface area contributed by atoms with Crippen molar-refractivity contribution in [2.24, 2.45) is 0 Å². The highest BCUT2D eigenvalue weighted by Gasteiger charge is 2.44. The highest BCUT2D eigenvalue weighted by molar-refractivity contribution is 5.92. The summed E-state index contributed by atoms with van der Waals surface area (Å²) in [6.45, 7) is 5.99. The quantitative estimate of drug-likeness (QED) is 0.905. The molecule has 3 heterocycles. The molecule has 6 nitrogen and oxygen atoms in total. The standard InChI is InChI=1S/C21H26N4O2/c1-15-5-3-6-17(9-15)24-18-10-21(27-13-18)7-4-8-25(14-21)20(26)19-12-22-16(2)11-23-19/h3,5-6,9,11-12,18,24H,4,7-8,10,13-14H2,1-2H3. The molecule has 1 N–H and O–H groups in total. The Morgan fingerprint density at radius 2 is 2.19 bits per heavy atom. The number of carbonyl (C=O) groups excluding carboxylic acids is 1. The molecule has 2 fully saturated rings. The maximum absolute atomic E-state index is 12.8. The fraction of sp³-hybridized carbons (Fsp3) is 0.476. The zero-order chi connectivity index (χ0) is 18.9. The van der Waals surface area contributed by atoms with E-state index in [2.05, 4.69) is 46.5 Å². The van der Waals surface area contributed by atoms with Crippen molar-refractivity contribution in [2.45, 2.75) is 44.8 Å². The van der Waals surface area contributed by atoms with Gasteiger partial charge in [0.2, 0.25) is 0 Å². The summed E-state index contributed by atoms with van der Waals surface area (Å²) in [4.78, 5) is 23.1. The molecule has 4 rings (SSSR count). The molecule has 1 aromatic carbocycles. The molecule has 0 saturated carbocycles. The number of nitrogens with zero attached hydrogens (tertiary/aromatic N) is 3. The largest absolute Gasteiger partial charge is 0.380 e. The average molecular weight is 366 g/mol. The van der Waals surface area contributed by atoms with Crippen LogP contribution in [0.1, 0.15) is 41.0 Å². The lowest BCUT2D eigenvalue weighted by atomic mass is 9.88. The van der Waals surface area contributed by atoms with Crippen LogP contribution in [0.25, 0.3) is 0 Å². The van der Waals surface area contributed by atoms with E-state index in [4.69, 9.17) is 4.74 Å². The third kappa shape index (κ3) is 3.95. The SMILES string of the molecule is Cc1cccc(NC2COC3(CCCN(C(=O)c4cnc(C)cn4)C3)C2)c1. The molecule has 0 bridgehead atoms. The summed E-state index contributed by atoms with van der Waals surface area (Å²) in [6.07, 6.45) is 6.05. The van der Waals surface area contributed by atoms with Crippen molar-refractivity contribution in [1.82, 2.24) is 14.9 Å². The monoisotopic (exact) mass is 366 g/mol. The summed E-state index contributed by atoms with van der Waals surface area (Å²) in [7, 11) is 0. The predicted octanol–water partition coefficient (Wildman–Crippen LogP) is 2.97. The van der Waals surface area contributed by atoms with E-state index in [1.165, 1.54) is 5.56 Å². The molecule has 2 unspecified atom stereocenters. The molecule has 1 aromatic heterocycles. The van der Waals surface area contributed by atoms with Gasteiger partial charge in [-0.2, -0.15) is 0 Å². The maximum Gasteiger partial charge on any atom is 0.274 e. The van der Waals surface area contributed by atoms with Gasteiger partial charge in [0.1, 0.15) is 5.69 Å². The summed E-state index contributed by atoms with van der Waals surface area (Å²) >= 11 is 0. The van der Waals surface area contributed by atoms with Crippen LogP contribution >= 0.6 is 0 Å². The van der Waals surface area contributed by atoms with Crippen molar-refractivity contribution in [3.05, 3.63) is 53.6 Å². The van der Waals surface area contributed by atoms with Gasteiger partial charge in [-0.15, -0.1) is 0 Å². The summed E-state index contributed by atoms with van der Waals surface area (Å²) in [5.41, 5.74) is 3.32. The number of hydrogen-bond acceptors (Lipinski definition) is 5. The average Bonchev–Trinajstić information content (AvgIpc) is 3.03. The van der Waals surface area contributed by atoms with E-state index in [0.29, 0.717) is 18.8 Å². The molecule has 2 aliphatic heterocycles. The first kappa shape index (κ1) is 17.9. The van der Waals surface area contributed by atoms with Gasteiger partial charge in [-0.05, 0) is 44.4 Å². The molecule has 27 heavy (non-hydrogen) atoms. The van der Waals surface area contributed by atoms with E-state index in [-0.39, 0.29) is 17.6 Å². The van der Waals surface area contributed by atoms with Crippen molar-refractivity contribution < 1.29 is 9.53 Å². The van der Waals surface area contributed by atoms with Crippen LogP contribution < -0.4 is 5.32 Å². The smallest absolute Gasteiger partial charge is 0.274 e. The Morgan fingerprint density at radius 3 is 2.96 bits per heavy atom. The minimum Gasteiger partial charge on any atom is -0.380 e. The molecule has 1 amide bonds.